The minimum atomic E-state index is -0.670. The van der Waals surface area contributed by atoms with Gasteiger partial charge < -0.3 is 14.8 Å². The van der Waals surface area contributed by atoms with Gasteiger partial charge in [0.15, 0.2) is 6.79 Å². The number of amides is 1. The lowest BCUT2D eigenvalue weighted by Crippen LogP contribution is -2.33. The third-order valence-corrected chi connectivity index (χ3v) is 4.92. The van der Waals surface area contributed by atoms with Crippen molar-refractivity contribution in [2.24, 2.45) is 0 Å². The second-order valence-corrected chi connectivity index (χ2v) is 7.04. The highest BCUT2D eigenvalue weighted by Crippen LogP contribution is 2.33. The molecule has 1 amide bonds. The average molecular weight is 419 g/mol. The Kier molecular flexibility index (Phi) is 6.21. The van der Waals surface area contributed by atoms with Crippen LogP contribution in [-0.2, 0) is 22.7 Å². The van der Waals surface area contributed by atoms with E-state index in [1.165, 1.54) is 12.1 Å². The number of para-hydroxylation sites is 1. The number of rotatable bonds is 7. The molecule has 3 aromatic carbocycles. The Labute approximate surface area is 179 Å². The second kappa shape index (κ2) is 9.38. The van der Waals surface area contributed by atoms with Crippen LogP contribution in [0.3, 0.4) is 0 Å². The molecule has 1 heterocycles. The van der Waals surface area contributed by atoms with Gasteiger partial charge >= 0.3 is 0 Å². The topological polar surface area (TPSA) is 103 Å². The Morgan fingerprint density at radius 1 is 1.06 bits per heavy atom. The molecule has 4 rings (SSSR count). The van der Waals surface area contributed by atoms with Crippen LogP contribution >= 0.6 is 0 Å². The predicted molar refractivity (Wildman–Crippen MR) is 114 cm³/mol. The third kappa shape index (κ3) is 4.88. The molecule has 3 aromatic rings. The van der Waals surface area contributed by atoms with Crippen molar-refractivity contribution < 1.29 is 19.2 Å². The van der Waals surface area contributed by atoms with Gasteiger partial charge in [-0.2, -0.15) is 0 Å². The summed E-state index contributed by atoms with van der Waals surface area (Å²) in [5.41, 5.74) is 2.63. The first-order valence-corrected chi connectivity index (χ1v) is 9.77. The van der Waals surface area contributed by atoms with Crippen LogP contribution in [0.15, 0.2) is 72.8 Å². The van der Waals surface area contributed by atoms with Crippen molar-refractivity contribution in [2.45, 2.75) is 19.2 Å². The molecule has 1 atom stereocenters. The van der Waals surface area contributed by atoms with Gasteiger partial charge in [0.2, 0.25) is 5.91 Å². The average Bonchev–Trinajstić information content (AvgIpc) is 2.80. The number of nitrogens with one attached hydrogen (secondary N) is 2. The van der Waals surface area contributed by atoms with Crippen LogP contribution in [0.1, 0.15) is 22.7 Å². The summed E-state index contributed by atoms with van der Waals surface area (Å²) < 4.78 is 10.9. The normalized spacial score (nSPS) is 13.5. The molecule has 0 fully saturated rings. The summed E-state index contributed by atoms with van der Waals surface area (Å²) in [7, 11) is 0. The molecule has 2 N–H and O–H groups in total. The van der Waals surface area contributed by atoms with E-state index in [4.69, 9.17) is 9.47 Å². The summed E-state index contributed by atoms with van der Waals surface area (Å²) in [5, 5.41) is 17.5. The second-order valence-electron chi connectivity index (χ2n) is 7.04. The summed E-state index contributed by atoms with van der Waals surface area (Å²) in [6.45, 7) is 0.515. The molecular formula is C23H21N3O5. The standard InChI is InChI=1S/C23H21N3O5/c27-23(25-19-9-5-2-6-10-19)21(16-7-3-1-4-8-16)24-13-17-11-20(26(28)29)12-18-14-30-15-31-22(17)18/h1-12,21,24H,13-15H2,(H,25,27). The van der Waals surface area contributed by atoms with Crippen LogP contribution in [0.25, 0.3) is 0 Å². The smallest absolute Gasteiger partial charge is 0.270 e. The quantitative estimate of drug-likeness (QED) is 0.444. The highest BCUT2D eigenvalue weighted by Gasteiger charge is 2.24. The lowest BCUT2D eigenvalue weighted by atomic mass is 10.0. The van der Waals surface area contributed by atoms with Crippen LogP contribution < -0.4 is 15.4 Å². The monoisotopic (exact) mass is 419 g/mol. The minimum absolute atomic E-state index is 0.0466. The Balaban J connectivity index is 1.60. The number of carbonyl (C=O) groups is 1. The van der Waals surface area contributed by atoms with Crippen molar-refractivity contribution in [1.29, 1.82) is 0 Å². The van der Waals surface area contributed by atoms with E-state index >= 15 is 0 Å². The number of nitro benzene ring substituents is 1. The van der Waals surface area contributed by atoms with Crippen molar-refractivity contribution in [3.05, 3.63) is 99.6 Å². The van der Waals surface area contributed by atoms with Crippen molar-refractivity contribution in [3.8, 4) is 5.75 Å². The molecule has 0 aliphatic carbocycles. The number of hydrogen-bond donors (Lipinski definition) is 2. The number of anilines is 1. The van der Waals surface area contributed by atoms with Gasteiger partial charge in [0.25, 0.3) is 5.69 Å². The molecule has 0 bridgehead atoms. The Hall–Kier alpha value is -3.75. The van der Waals surface area contributed by atoms with Crippen molar-refractivity contribution in [3.63, 3.8) is 0 Å². The van der Waals surface area contributed by atoms with E-state index < -0.39 is 11.0 Å². The number of non-ortho nitro benzene ring substituents is 1. The Bertz CT molecular complexity index is 1070. The highest BCUT2D eigenvalue weighted by molar-refractivity contribution is 5.95. The molecule has 0 aromatic heterocycles. The number of hydrogen-bond acceptors (Lipinski definition) is 6. The molecule has 1 aliphatic heterocycles. The van der Waals surface area contributed by atoms with Crippen LogP contribution in [0.5, 0.6) is 5.75 Å². The van der Waals surface area contributed by atoms with Crippen molar-refractivity contribution in [1.82, 2.24) is 5.32 Å². The fourth-order valence-electron chi connectivity index (χ4n) is 3.47. The molecule has 8 nitrogen and oxygen atoms in total. The molecule has 0 saturated carbocycles. The summed E-state index contributed by atoms with van der Waals surface area (Å²) in [5.74, 6) is 0.320. The fourth-order valence-corrected chi connectivity index (χ4v) is 3.47. The van der Waals surface area contributed by atoms with E-state index in [2.05, 4.69) is 10.6 Å². The fraction of sp³-hybridized carbons (Fsp3) is 0.174. The maximum atomic E-state index is 13.1. The molecule has 31 heavy (non-hydrogen) atoms. The molecule has 158 valence electrons. The van der Waals surface area contributed by atoms with Crippen LogP contribution in [0.2, 0.25) is 0 Å². The Morgan fingerprint density at radius 2 is 1.77 bits per heavy atom. The SMILES string of the molecule is O=C(Nc1ccccc1)C(NCc1cc([N+](=O)[O-])cc2c1OCOC2)c1ccccc1. The summed E-state index contributed by atoms with van der Waals surface area (Å²) in [4.78, 5) is 24.0. The first-order valence-electron chi connectivity index (χ1n) is 9.77. The van der Waals surface area contributed by atoms with Gasteiger partial charge in [-0.05, 0) is 17.7 Å². The number of ether oxygens (including phenoxy) is 2. The van der Waals surface area contributed by atoms with Gasteiger partial charge in [-0.25, -0.2) is 0 Å². The minimum Gasteiger partial charge on any atom is -0.467 e. The first kappa shape index (κ1) is 20.5. The zero-order valence-electron chi connectivity index (χ0n) is 16.6. The summed E-state index contributed by atoms with van der Waals surface area (Å²) >= 11 is 0. The molecule has 0 spiro atoms. The zero-order chi connectivity index (χ0) is 21.6. The van der Waals surface area contributed by atoms with Gasteiger partial charge in [0.05, 0.1) is 11.5 Å². The van der Waals surface area contributed by atoms with E-state index in [-0.39, 0.29) is 31.5 Å². The van der Waals surface area contributed by atoms with E-state index in [0.717, 1.165) is 5.56 Å². The van der Waals surface area contributed by atoms with Gasteiger partial charge in [-0.3, -0.25) is 20.2 Å². The van der Waals surface area contributed by atoms with Gasteiger partial charge in [0.1, 0.15) is 11.8 Å². The first-order chi connectivity index (χ1) is 15.1. The van der Waals surface area contributed by atoms with E-state index in [1.807, 2.05) is 60.7 Å². The van der Waals surface area contributed by atoms with E-state index in [9.17, 15) is 14.9 Å². The highest BCUT2D eigenvalue weighted by atomic mass is 16.7. The maximum absolute atomic E-state index is 13.1. The summed E-state index contributed by atoms with van der Waals surface area (Å²) in [6.07, 6.45) is 0. The lowest BCUT2D eigenvalue weighted by molar-refractivity contribution is -0.385. The molecule has 0 radical (unpaired) electrons. The number of fused-ring (bicyclic) bond motifs is 1. The third-order valence-electron chi connectivity index (χ3n) is 4.92. The maximum Gasteiger partial charge on any atom is 0.270 e. The van der Waals surface area contributed by atoms with Crippen LogP contribution in [0.4, 0.5) is 11.4 Å². The van der Waals surface area contributed by atoms with Crippen molar-refractivity contribution in [2.75, 3.05) is 12.1 Å². The number of benzene rings is 3. The Morgan fingerprint density at radius 3 is 2.48 bits per heavy atom. The van der Waals surface area contributed by atoms with Gasteiger partial charge in [-0.1, -0.05) is 48.5 Å². The molecule has 8 heteroatoms. The van der Waals surface area contributed by atoms with Crippen molar-refractivity contribution >= 4 is 17.3 Å². The summed E-state index contributed by atoms with van der Waals surface area (Å²) in [6, 6.07) is 20.7. The van der Waals surface area contributed by atoms with Crippen LogP contribution in [-0.4, -0.2) is 17.6 Å². The molecule has 1 unspecified atom stereocenters. The van der Waals surface area contributed by atoms with Gasteiger partial charge in [0, 0.05) is 35.5 Å². The number of nitrogens with zero attached hydrogens (tertiary/aromatic N) is 1. The lowest BCUT2D eigenvalue weighted by Gasteiger charge is -2.23. The number of nitro groups is 1. The van der Waals surface area contributed by atoms with Crippen LogP contribution in [0, 0.1) is 10.1 Å². The number of carbonyl (C=O) groups excluding carboxylic acids is 1. The molecule has 0 saturated heterocycles. The largest absolute Gasteiger partial charge is 0.467 e. The van der Waals surface area contributed by atoms with E-state index in [1.54, 1.807) is 0 Å². The van der Waals surface area contributed by atoms with Gasteiger partial charge in [-0.15, -0.1) is 0 Å². The molecule has 1 aliphatic rings. The van der Waals surface area contributed by atoms with E-state index in [0.29, 0.717) is 22.6 Å². The predicted octanol–water partition coefficient (Wildman–Crippen LogP) is 3.93. The molecular weight excluding hydrogens is 398 g/mol. The zero-order valence-corrected chi connectivity index (χ0v) is 16.6.